The molecule has 0 saturated carbocycles. The van der Waals surface area contributed by atoms with Crippen molar-refractivity contribution in [2.75, 3.05) is 6.54 Å². The van der Waals surface area contributed by atoms with Crippen LogP contribution in [0.25, 0.3) is 0 Å². The lowest BCUT2D eigenvalue weighted by Gasteiger charge is -2.15. The van der Waals surface area contributed by atoms with Crippen molar-refractivity contribution in [2.45, 2.75) is 46.3 Å². The number of nitrogens with one attached hydrogen (secondary N) is 2. The Kier molecular flexibility index (Phi) is 5.62. The SMILES string of the molecule is Cc1cc(C(C)NC(=O)NCCC(C)O)c(C)s1. The smallest absolute Gasteiger partial charge is 0.315 e. The van der Waals surface area contributed by atoms with Crippen molar-refractivity contribution in [3.05, 3.63) is 21.4 Å². The van der Waals surface area contributed by atoms with E-state index >= 15 is 0 Å². The summed E-state index contributed by atoms with van der Waals surface area (Å²) in [6, 6.07) is 1.92. The molecule has 0 fully saturated rings. The van der Waals surface area contributed by atoms with Crippen LogP contribution in [0.4, 0.5) is 4.79 Å². The quantitative estimate of drug-likeness (QED) is 0.770. The van der Waals surface area contributed by atoms with Crippen molar-refractivity contribution in [1.82, 2.24) is 10.6 Å². The summed E-state index contributed by atoms with van der Waals surface area (Å²) in [5.74, 6) is 0. The second kappa shape index (κ2) is 6.75. The highest BCUT2D eigenvalue weighted by atomic mass is 32.1. The fourth-order valence-electron chi connectivity index (χ4n) is 1.80. The predicted octanol–water partition coefficient (Wildman–Crippen LogP) is 2.50. The lowest BCUT2D eigenvalue weighted by Crippen LogP contribution is -2.38. The molecule has 0 aromatic carbocycles. The molecule has 4 nitrogen and oxygen atoms in total. The van der Waals surface area contributed by atoms with Crippen molar-refractivity contribution >= 4 is 17.4 Å². The molecule has 0 spiro atoms. The minimum Gasteiger partial charge on any atom is -0.393 e. The van der Waals surface area contributed by atoms with E-state index in [4.69, 9.17) is 5.11 Å². The summed E-state index contributed by atoms with van der Waals surface area (Å²) in [7, 11) is 0. The number of carbonyl (C=O) groups is 1. The molecule has 1 aromatic heterocycles. The van der Waals surface area contributed by atoms with Gasteiger partial charge in [-0.2, -0.15) is 0 Å². The first-order valence-electron chi connectivity index (χ1n) is 6.19. The number of hydrogen-bond acceptors (Lipinski definition) is 3. The first-order valence-corrected chi connectivity index (χ1v) is 7.01. The van der Waals surface area contributed by atoms with Crippen LogP contribution in [0.2, 0.25) is 0 Å². The van der Waals surface area contributed by atoms with Crippen molar-refractivity contribution < 1.29 is 9.90 Å². The highest BCUT2D eigenvalue weighted by molar-refractivity contribution is 7.12. The third kappa shape index (κ3) is 4.66. The van der Waals surface area contributed by atoms with Crippen molar-refractivity contribution in [3.63, 3.8) is 0 Å². The first kappa shape index (κ1) is 15.0. The van der Waals surface area contributed by atoms with Gasteiger partial charge < -0.3 is 15.7 Å². The van der Waals surface area contributed by atoms with Crippen LogP contribution in [0.3, 0.4) is 0 Å². The van der Waals surface area contributed by atoms with Gasteiger partial charge in [-0.25, -0.2) is 4.79 Å². The van der Waals surface area contributed by atoms with Gasteiger partial charge in [0, 0.05) is 16.3 Å². The Labute approximate surface area is 112 Å². The number of hydrogen-bond donors (Lipinski definition) is 3. The summed E-state index contributed by atoms with van der Waals surface area (Å²) >= 11 is 1.74. The summed E-state index contributed by atoms with van der Waals surface area (Å²) in [6.45, 7) is 8.30. The fourth-order valence-corrected chi connectivity index (χ4v) is 2.82. The number of aliphatic hydroxyl groups excluding tert-OH is 1. The van der Waals surface area contributed by atoms with Crippen molar-refractivity contribution in [3.8, 4) is 0 Å². The molecular weight excluding hydrogens is 248 g/mol. The van der Waals surface area contributed by atoms with Gasteiger partial charge in [0.25, 0.3) is 0 Å². The lowest BCUT2D eigenvalue weighted by atomic mass is 10.1. The van der Waals surface area contributed by atoms with Gasteiger partial charge in [0.05, 0.1) is 12.1 Å². The molecule has 0 aliphatic heterocycles. The minimum atomic E-state index is -0.385. The fraction of sp³-hybridized carbons (Fsp3) is 0.615. The van der Waals surface area contributed by atoms with Gasteiger partial charge in [0.15, 0.2) is 0 Å². The minimum absolute atomic E-state index is 0.00139. The average Bonchev–Trinajstić information content (AvgIpc) is 2.57. The van der Waals surface area contributed by atoms with Gasteiger partial charge in [-0.1, -0.05) is 0 Å². The molecule has 18 heavy (non-hydrogen) atoms. The van der Waals surface area contributed by atoms with Crippen molar-refractivity contribution in [2.24, 2.45) is 0 Å². The number of rotatable bonds is 5. The number of amides is 2. The van der Waals surface area contributed by atoms with E-state index in [0.29, 0.717) is 13.0 Å². The third-order valence-electron chi connectivity index (χ3n) is 2.74. The van der Waals surface area contributed by atoms with Crippen LogP contribution in [-0.4, -0.2) is 23.8 Å². The predicted molar refractivity (Wildman–Crippen MR) is 75.0 cm³/mol. The molecule has 2 unspecified atom stereocenters. The molecule has 0 aliphatic carbocycles. The summed E-state index contributed by atoms with van der Waals surface area (Å²) < 4.78 is 0. The Balaban J connectivity index is 2.42. The second-order valence-corrected chi connectivity index (χ2v) is 6.09. The van der Waals surface area contributed by atoms with Crippen molar-refractivity contribution in [1.29, 1.82) is 0 Å². The molecule has 0 saturated heterocycles. The van der Waals surface area contributed by atoms with E-state index in [-0.39, 0.29) is 18.2 Å². The maximum atomic E-state index is 11.6. The molecule has 2 atom stereocenters. The maximum Gasteiger partial charge on any atom is 0.315 e. The third-order valence-corrected chi connectivity index (χ3v) is 3.72. The summed E-state index contributed by atoms with van der Waals surface area (Å²) in [4.78, 5) is 14.1. The molecule has 5 heteroatoms. The van der Waals surface area contributed by atoms with Crippen LogP contribution in [-0.2, 0) is 0 Å². The zero-order valence-electron chi connectivity index (χ0n) is 11.4. The summed E-state index contributed by atoms with van der Waals surface area (Å²) in [6.07, 6.45) is 0.183. The van der Waals surface area contributed by atoms with E-state index in [1.807, 2.05) is 6.92 Å². The zero-order valence-corrected chi connectivity index (χ0v) is 12.2. The average molecular weight is 270 g/mol. The number of carbonyl (C=O) groups excluding carboxylic acids is 1. The molecule has 1 aromatic rings. The van der Waals surface area contributed by atoms with E-state index in [9.17, 15) is 4.79 Å². The highest BCUT2D eigenvalue weighted by Gasteiger charge is 2.13. The Bertz CT molecular complexity index is 402. The highest BCUT2D eigenvalue weighted by Crippen LogP contribution is 2.25. The van der Waals surface area contributed by atoms with Crippen LogP contribution in [0.5, 0.6) is 0 Å². The Morgan fingerprint density at radius 2 is 2.11 bits per heavy atom. The summed E-state index contributed by atoms with van der Waals surface area (Å²) in [5, 5.41) is 14.7. The topological polar surface area (TPSA) is 61.4 Å². The van der Waals surface area contributed by atoms with Gasteiger partial charge in [0.1, 0.15) is 0 Å². The number of thiophene rings is 1. The van der Waals surface area contributed by atoms with Gasteiger partial charge in [-0.3, -0.25) is 0 Å². The Hall–Kier alpha value is -1.07. The van der Waals surface area contributed by atoms with Gasteiger partial charge in [0.2, 0.25) is 0 Å². The van der Waals surface area contributed by atoms with Crippen LogP contribution < -0.4 is 10.6 Å². The number of urea groups is 1. The van der Waals surface area contributed by atoms with Gasteiger partial charge >= 0.3 is 6.03 Å². The molecule has 2 amide bonds. The molecule has 1 rings (SSSR count). The number of aliphatic hydroxyl groups is 1. The molecule has 102 valence electrons. The standard InChI is InChI=1S/C13H22N2O2S/c1-8(16)5-6-14-13(17)15-10(3)12-7-9(2)18-11(12)4/h7-8,10,16H,5-6H2,1-4H3,(H2,14,15,17). The first-order chi connectivity index (χ1) is 8.40. The molecule has 0 bridgehead atoms. The molecular formula is C13H22N2O2S. The van der Waals surface area contributed by atoms with Crippen LogP contribution in [0, 0.1) is 13.8 Å². The van der Waals surface area contributed by atoms with E-state index in [2.05, 4.69) is 30.5 Å². The van der Waals surface area contributed by atoms with Crippen LogP contribution >= 0.6 is 11.3 Å². The van der Waals surface area contributed by atoms with E-state index in [1.165, 1.54) is 15.3 Å². The molecule has 0 aliphatic rings. The van der Waals surface area contributed by atoms with E-state index < -0.39 is 0 Å². The van der Waals surface area contributed by atoms with Crippen LogP contribution in [0.1, 0.15) is 41.6 Å². The van der Waals surface area contributed by atoms with E-state index in [0.717, 1.165) is 0 Å². The second-order valence-electron chi connectivity index (χ2n) is 4.63. The normalized spacial score (nSPS) is 14.1. The maximum absolute atomic E-state index is 11.6. The van der Waals surface area contributed by atoms with Gasteiger partial charge in [-0.05, 0) is 45.7 Å². The monoisotopic (exact) mass is 270 g/mol. The zero-order chi connectivity index (χ0) is 13.7. The lowest BCUT2D eigenvalue weighted by molar-refractivity contribution is 0.183. The summed E-state index contributed by atoms with van der Waals surface area (Å²) in [5.41, 5.74) is 1.17. The van der Waals surface area contributed by atoms with Gasteiger partial charge in [-0.15, -0.1) is 11.3 Å². The molecule has 0 radical (unpaired) electrons. The molecule has 1 heterocycles. The number of aryl methyl sites for hydroxylation is 2. The Morgan fingerprint density at radius 1 is 1.44 bits per heavy atom. The van der Waals surface area contributed by atoms with Crippen LogP contribution in [0.15, 0.2) is 6.07 Å². The molecule has 3 N–H and O–H groups in total. The largest absolute Gasteiger partial charge is 0.393 e. The van der Waals surface area contributed by atoms with E-state index in [1.54, 1.807) is 18.3 Å². The Morgan fingerprint density at radius 3 is 2.61 bits per heavy atom.